The summed E-state index contributed by atoms with van der Waals surface area (Å²) in [6.07, 6.45) is 3.17. The first kappa shape index (κ1) is 13.6. The van der Waals surface area contributed by atoms with E-state index in [9.17, 15) is 4.79 Å². The summed E-state index contributed by atoms with van der Waals surface area (Å²) >= 11 is 0. The number of hydrogen-bond acceptors (Lipinski definition) is 3. The van der Waals surface area contributed by atoms with Gasteiger partial charge in [-0.25, -0.2) is 0 Å². The van der Waals surface area contributed by atoms with Crippen molar-refractivity contribution in [1.82, 2.24) is 4.90 Å². The quantitative estimate of drug-likeness (QED) is 0.805. The molecule has 3 heterocycles. The first-order valence-electron chi connectivity index (χ1n) is 9.01. The van der Waals surface area contributed by atoms with Gasteiger partial charge in [0.1, 0.15) is 5.41 Å². The van der Waals surface area contributed by atoms with E-state index in [1.807, 2.05) is 12.1 Å². The summed E-state index contributed by atoms with van der Waals surface area (Å²) in [7, 11) is 2.21. The molecule has 2 saturated heterocycles. The standard InChI is InChI=1S/C20H22N2O2/c1-3-19-10-22(2)16-11-9-24-15(8-13(11)19)20(17(16)19)12-6-4-5-7-14(12)21-18(20)23/h3-7,11,13,15-17H,1,8-10H2,2H3,(H,21,23)/t11?,13?,15?,16-,17+,19?,20+/m1/s1. The molecule has 6 rings (SSSR count). The molecule has 1 aromatic rings. The van der Waals surface area contributed by atoms with Gasteiger partial charge in [0.25, 0.3) is 0 Å². The Bertz CT molecular complexity index is 792. The van der Waals surface area contributed by atoms with Crippen molar-refractivity contribution in [1.29, 1.82) is 0 Å². The Morgan fingerprint density at radius 1 is 1.42 bits per heavy atom. The van der Waals surface area contributed by atoms with Crippen molar-refractivity contribution >= 4 is 11.6 Å². The number of benzene rings is 1. The Morgan fingerprint density at radius 2 is 2.25 bits per heavy atom. The molecule has 5 bridgehead atoms. The number of hydrogen-bond donors (Lipinski definition) is 1. The molecular formula is C20H22N2O2. The highest BCUT2D eigenvalue weighted by Gasteiger charge is 2.79. The van der Waals surface area contributed by atoms with Crippen LogP contribution in [-0.4, -0.2) is 43.2 Å². The minimum Gasteiger partial charge on any atom is -0.376 e. The molecular weight excluding hydrogens is 300 g/mol. The van der Waals surface area contributed by atoms with Gasteiger partial charge in [0.2, 0.25) is 5.91 Å². The van der Waals surface area contributed by atoms with Crippen LogP contribution in [0.2, 0.25) is 0 Å². The van der Waals surface area contributed by atoms with Crippen molar-refractivity contribution in [2.45, 2.75) is 24.0 Å². The number of carbonyl (C=O) groups excluding carboxylic acids is 1. The molecule has 3 aliphatic heterocycles. The van der Waals surface area contributed by atoms with Crippen LogP contribution in [0.4, 0.5) is 5.69 Å². The molecule has 124 valence electrons. The molecule has 1 N–H and O–H groups in total. The Hall–Kier alpha value is -1.65. The van der Waals surface area contributed by atoms with E-state index in [-0.39, 0.29) is 23.3 Å². The van der Waals surface area contributed by atoms with Gasteiger partial charge in [-0.3, -0.25) is 4.79 Å². The van der Waals surface area contributed by atoms with Crippen molar-refractivity contribution in [3.8, 4) is 0 Å². The Labute approximate surface area is 141 Å². The Morgan fingerprint density at radius 3 is 3.08 bits per heavy atom. The number of fused-ring (bicyclic) bond motifs is 5. The number of ether oxygens (including phenoxy) is 1. The van der Waals surface area contributed by atoms with E-state index >= 15 is 0 Å². The number of nitrogens with zero attached hydrogens (tertiary/aromatic N) is 1. The number of likely N-dealkylation sites (tertiary alicyclic amines) is 1. The van der Waals surface area contributed by atoms with E-state index in [4.69, 9.17) is 4.74 Å². The van der Waals surface area contributed by atoms with Gasteiger partial charge in [-0.15, -0.1) is 6.58 Å². The zero-order valence-corrected chi connectivity index (χ0v) is 13.9. The highest BCUT2D eigenvalue weighted by atomic mass is 16.5. The zero-order chi connectivity index (χ0) is 16.3. The van der Waals surface area contributed by atoms with Crippen LogP contribution in [0.1, 0.15) is 12.0 Å². The summed E-state index contributed by atoms with van der Waals surface area (Å²) in [5, 5.41) is 3.18. The van der Waals surface area contributed by atoms with Crippen LogP contribution in [0.5, 0.6) is 0 Å². The summed E-state index contributed by atoms with van der Waals surface area (Å²) in [6, 6.07) is 8.64. The molecule has 2 aliphatic carbocycles. The van der Waals surface area contributed by atoms with E-state index < -0.39 is 5.41 Å². The summed E-state index contributed by atoms with van der Waals surface area (Å²) < 4.78 is 6.34. The number of carbonyl (C=O) groups is 1. The zero-order valence-electron chi connectivity index (χ0n) is 13.9. The van der Waals surface area contributed by atoms with E-state index in [0.29, 0.717) is 17.9 Å². The molecule has 4 unspecified atom stereocenters. The largest absolute Gasteiger partial charge is 0.376 e. The maximum absolute atomic E-state index is 13.4. The summed E-state index contributed by atoms with van der Waals surface area (Å²) in [4.78, 5) is 15.9. The summed E-state index contributed by atoms with van der Waals surface area (Å²) in [5.41, 5.74) is 1.61. The first-order valence-corrected chi connectivity index (χ1v) is 9.01. The van der Waals surface area contributed by atoms with Gasteiger partial charge in [0.15, 0.2) is 0 Å². The number of piperidine rings is 1. The fourth-order valence-electron chi connectivity index (χ4n) is 7.38. The van der Waals surface area contributed by atoms with Gasteiger partial charge >= 0.3 is 0 Å². The Balaban J connectivity index is 1.69. The number of amides is 1. The second-order valence-electron chi connectivity index (χ2n) is 8.40. The van der Waals surface area contributed by atoms with Gasteiger partial charge in [0.05, 0.1) is 12.7 Å². The third-order valence-electron chi connectivity index (χ3n) is 7.93. The monoisotopic (exact) mass is 322 g/mol. The van der Waals surface area contributed by atoms with Crippen LogP contribution < -0.4 is 5.32 Å². The molecule has 4 fully saturated rings. The van der Waals surface area contributed by atoms with E-state index in [2.05, 4.69) is 42.1 Å². The van der Waals surface area contributed by atoms with E-state index in [0.717, 1.165) is 30.8 Å². The van der Waals surface area contributed by atoms with Crippen molar-refractivity contribution in [3.63, 3.8) is 0 Å². The van der Waals surface area contributed by atoms with Crippen LogP contribution in [0.15, 0.2) is 36.9 Å². The predicted octanol–water partition coefficient (Wildman–Crippen LogP) is 2.03. The highest BCUT2D eigenvalue weighted by Crippen LogP contribution is 2.73. The predicted molar refractivity (Wildman–Crippen MR) is 90.6 cm³/mol. The maximum Gasteiger partial charge on any atom is 0.238 e. The van der Waals surface area contributed by atoms with E-state index in [1.54, 1.807) is 0 Å². The van der Waals surface area contributed by atoms with Crippen molar-refractivity contribution in [3.05, 3.63) is 42.5 Å². The minimum atomic E-state index is -0.554. The van der Waals surface area contributed by atoms with Crippen LogP contribution in [0, 0.1) is 23.2 Å². The molecule has 0 aromatic heterocycles. The first-order chi connectivity index (χ1) is 11.6. The van der Waals surface area contributed by atoms with Crippen molar-refractivity contribution in [2.75, 3.05) is 25.5 Å². The minimum absolute atomic E-state index is 0.00280. The smallest absolute Gasteiger partial charge is 0.238 e. The maximum atomic E-state index is 13.4. The third kappa shape index (κ3) is 1.12. The fraction of sp³-hybridized carbons (Fsp3) is 0.550. The van der Waals surface area contributed by atoms with Crippen molar-refractivity contribution in [2.24, 2.45) is 23.2 Å². The Kier molecular flexibility index (Phi) is 2.24. The second-order valence-corrected chi connectivity index (χ2v) is 8.40. The van der Waals surface area contributed by atoms with E-state index in [1.165, 1.54) is 0 Å². The van der Waals surface area contributed by atoms with Gasteiger partial charge in [-0.05, 0) is 31.0 Å². The average Bonchev–Trinajstić information content (AvgIpc) is 3.08. The lowest BCUT2D eigenvalue weighted by Crippen LogP contribution is -2.62. The average molecular weight is 322 g/mol. The summed E-state index contributed by atoms with van der Waals surface area (Å²) in [6.45, 7) is 6.06. The number of rotatable bonds is 1. The van der Waals surface area contributed by atoms with Crippen LogP contribution >= 0.6 is 0 Å². The third-order valence-corrected chi connectivity index (χ3v) is 7.93. The van der Waals surface area contributed by atoms with Gasteiger partial charge in [0, 0.05) is 35.5 Å². The number of anilines is 1. The lowest BCUT2D eigenvalue weighted by atomic mass is 9.51. The van der Waals surface area contributed by atoms with Crippen LogP contribution in [0.25, 0.3) is 0 Å². The molecule has 7 atom stereocenters. The molecule has 24 heavy (non-hydrogen) atoms. The van der Waals surface area contributed by atoms with Crippen LogP contribution in [0.3, 0.4) is 0 Å². The fourth-order valence-corrected chi connectivity index (χ4v) is 7.38. The summed E-state index contributed by atoms with van der Waals surface area (Å²) in [5.74, 6) is 1.56. The van der Waals surface area contributed by atoms with Gasteiger partial charge in [-0.2, -0.15) is 0 Å². The van der Waals surface area contributed by atoms with Crippen molar-refractivity contribution < 1.29 is 9.53 Å². The van der Waals surface area contributed by atoms with Crippen LogP contribution in [-0.2, 0) is 14.9 Å². The lowest BCUT2D eigenvalue weighted by Gasteiger charge is -2.54. The molecule has 0 radical (unpaired) electrons. The molecule has 2 saturated carbocycles. The van der Waals surface area contributed by atoms with Gasteiger partial charge in [-0.1, -0.05) is 24.3 Å². The molecule has 5 aliphatic rings. The normalized spacial score (nSPS) is 50.4. The highest BCUT2D eigenvalue weighted by molar-refractivity contribution is 6.07. The van der Waals surface area contributed by atoms with Gasteiger partial charge < -0.3 is 15.0 Å². The molecule has 4 heteroatoms. The number of para-hydroxylation sites is 1. The number of nitrogens with one attached hydrogen (secondary N) is 1. The molecule has 1 aromatic carbocycles. The molecule has 4 nitrogen and oxygen atoms in total. The molecule has 1 amide bonds. The molecule has 1 spiro atoms. The lowest BCUT2D eigenvalue weighted by molar-refractivity contribution is -0.153. The SMILES string of the molecule is C=CC12CN(C)[C@@H]3C4COC(CC41)[C@]1(C(=O)Nc4ccccc41)[C@@H]32. The second kappa shape index (κ2) is 3.94. The topological polar surface area (TPSA) is 41.6 Å².